The number of nitrogens with zero attached hydrogens (tertiary/aromatic N) is 4. The largest absolute Gasteiger partial charge is 0.463 e. The summed E-state index contributed by atoms with van der Waals surface area (Å²) >= 11 is 0. The van der Waals surface area contributed by atoms with Crippen LogP contribution in [-0.2, 0) is 20.4 Å². The molecular weight excluding hydrogens is 469 g/mol. The zero-order valence-corrected chi connectivity index (χ0v) is 18.8. The number of cyclic esters (lactones) is 1. The molecule has 2 saturated heterocycles. The molecule has 0 aliphatic carbocycles. The van der Waals surface area contributed by atoms with Crippen molar-refractivity contribution in [2.75, 3.05) is 49.1 Å². The number of carbonyl (C=O) groups excluding carboxylic acids is 3. The second kappa shape index (κ2) is 9.80. The van der Waals surface area contributed by atoms with Gasteiger partial charge in [0.15, 0.2) is 0 Å². The number of ether oxygens (including phenoxy) is 2. The molecule has 0 spiro atoms. The molecule has 0 N–H and O–H groups in total. The minimum atomic E-state index is -4.61. The van der Waals surface area contributed by atoms with Gasteiger partial charge in [0.1, 0.15) is 5.82 Å². The Labute approximate surface area is 199 Å². The van der Waals surface area contributed by atoms with E-state index in [-0.39, 0.29) is 31.8 Å². The number of aromatic nitrogens is 1. The number of piperazine rings is 1. The standard InChI is InChI=1S/C23H23F3N4O5/c1-2-34-21(32)18-14-30(22(33)35-18)15-7-8-19(27-13-15)28-9-11-29(12-10-28)20(31)16-5-3-4-6-17(16)23(24,25)26/h3-8,13,18H,2,9-12,14H2,1H3/t18-/m1/s1. The fraction of sp³-hybridized carbons (Fsp3) is 0.391. The van der Waals surface area contributed by atoms with Crippen molar-refractivity contribution in [1.82, 2.24) is 9.88 Å². The maximum atomic E-state index is 13.3. The molecule has 1 aromatic carbocycles. The molecule has 35 heavy (non-hydrogen) atoms. The number of anilines is 2. The predicted molar refractivity (Wildman–Crippen MR) is 118 cm³/mol. The summed E-state index contributed by atoms with van der Waals surface area (Å²) in [5, 5.41) is 0. The Hall–Kier alpha value is -3.83. The van der Waals surface area contributed by atoms with Gasteiger partial charge in [-0.2, -0.15) is 13.2 Å². The van der Waals surface area contributed by atoms with Crippen LogP contribution in [0.4, 0.5) is 29.5 Å². The van der Waals surface area contributed by atoms with E-state index in [1.54, 1.807) is 19.1 Å². The van der Waals surface area contributed by atoms with Crippen LogP contribution in [0.1, 0.15) is 22.8 Å². The lowest BCUT2D eigenvalue weighted by atomic mass is 10.1. The summed E-state index contributed by atoms with van der Waals surface area (Å²) in [7, 11) is 0. The summed E-state index contributed by atoms with van der Waals surface area (Å²) in [6.07, 6.45) is -4.82. The number of alkyl halides is 3. The van der Waals surface area contributed by atoms with Crippen LogP contribution in [0.15, 0.2) is 42.6 Å². The monoisotopic (exact) mass is 492 g/mol. The number of esters is 1. The molecule has 1 atom stereocenters. The van der Waals surface area contributed by atoms with Crippen LogP contribution in [0, 0.1) is 0 Å². The minimum Gasteiger partial charge on any atom is -0.463 e. The van der Waals surface area contributed by atoms with E-state index in [2.05, 4.69) is 4.98 Å². The van der Waals surface area contributed by atoms with Gasteiger partial charge < -0.3 is 19.3 Å². The molecule has 1 aromatic heterocycles. The summed E-state index contributed by atoms with van der Waals surface area (Å²) in [6, 6.07) is 8.11. The van der Waals surface area contributed by atoms with Gasteiger partial charge in [-0.1, -0.05) is 12.1 Å². The van der Waals surface area contributed by atoms with E-state index in [0.717, 1.165) is 6.07 Å². The van der Waals surface area contributed by atoms with Gasteiger partial charge in [0.05, 0.1) is 36.2 Å². The fourth-order valence-corrected chi connectivity index (χ4v) is 3.98. The summed E-state index contributed by atoms with van der Waals surface area (Å²) in [5.41, 5.74) is -0.868. The molecule has 0 radical (unpaired) electrons. The van der Waals surface area contributed by atoms with Crippen molar-refractivity contribution >= 4 is 29.5 Å². The molecule has 0 unspecified atom stereocenters. The minimum absolute atomic E-state index is 0.0128. The molecule has 9 nitrogen and oxygen atoms in total. The number of carbonyl (C=O) groups is 3. The lowest BCUT2D eigenvalue weighted by Crippen LogP contribution is -2.49. The third-order valence-corrected chi connectivity index (χ3v) is 5.76. The molecule has 2 aliphatic heterocycles. The molecule has 12 heteroatoms. The van der Waals surface area contributed by atoms with E-state index >= 15 is 0 Å². The predicted octanol–water partition coefficient (Wildman–Crippen LogP) is 2.95. The molecule has 2 aromatic rings. The Morgan fingerprint density at radius 1 is 1.11 bits per heavy atom. The van der Waals surface area contributed by atoms with E-state index in [0.29, 0.717) is 24.6 Å². The van der Waals surface area contributed by atoms with Crippen LogP contribution < -0.4 is 9.80 Å². The van der Waals surface area contributed by atoms with Crippen LogP contribution in [0.2, 0.25) is 0 Å². The van der Waals surface area contributed by atoms with E-state index in [4.69, 9.17) is 9.47 Å². The number of benzene rings is 1. The topological polar surface area (TPSA) is 92.3 Å². The number of amides is 2. The average Bonchev–Trinajstić information content (AvgIpc) is 3.25. The van der Waals surface area contributed by atoms with Crippen LogP contribution in [0.25, 0.3) is 0 Å². The third-order valence-electron chi connectivity index (χ3n) is 5.76. The van der Waals surface area contributed by atoms with Gasteiger partial charge in [-0.3, -0.25) is 9.69 Å². The number of rotatable bonds is 5. The molecule has 3 heterocycles. The number of pyridine rings is 1. The van der Waals surface area contributed by atoms with Gasteiger partial charge in [-0.15, -0.1) is 0 Å². The lowest BCUT2D eigenvalue weighted by Gasteiger charge is -2.35. The smallest absolute Gasteiger partial charge is 0.417 e. The second-order valence-corrected chi connectivity index (χ2v) is 7.93. The molecule has 0 bridgehead atoms. The number of hydrogen-bond acceptors (Lipinski definition) is 7. The van der Waals surface area contributed by atoms with E-state index in [1.165, 1.54) is 34.2 Å². The zero-order chi connectivity index (χ0) is 25.2. The lowest BCUT2D eigenvalue weighted by molar-refractivity contribution is -0.151. The van der Waals surface area contributed by atoms with E-state index in [9.17, 15) is 27.6 Å². The van der Waals surface area contributed by atoms with E-state index < -0.39 is 35.8 Å². The van der Waals surface area contributed by atoms with Gasteiger partial charge in [0.2, 0.25) is 6.10 Å². The molecule has 186 valence electrons. The molecular formula is C23H23F3N4O5. The highest BCUT2D eigenvalue weighted by molar-refractivity contribution is 5.96. The average molecular weight is 492 g/mol. The Bertz CT molecular complexity index is 1100. The van der Waals surface area contributed by atoms with Gasteiger partial charge in [-0.05, 0) is 31.2 Å². The summed E-state index contributed by atoms with van der Waals surface area (Å²) in [6.45, 7) is 3.07. The fourth-order valence-electron chi connectivity index (χ4n) is 3.98. The first-order valence-corrected chi connectivity index (χ1v) is 11.0. The van der Waals surface area contributed by atoms with E-state index in [1.807, 2.05) is 4.90 Å². The van der Waals surface area contributed by atoms with Crippen molar-refractivity contribution < 1.29 is 37.0 Å². The molecule has 2 aliphatic rings. The molecule has 2 fully saturated rings. The Morgan fingerprint density at radius 2 is 1.83 bits per heavy atom. The Kier molecular flexibility index (Phi) is 6.81. The SMILES string of the molecule is CCOC(=O)[C@H]1CN(c2ccc(N3CCN(C(=O)c4ccccc4C(F)(F)F)CC3)nc2)C(=O)O1. The van der Waals surface area contributed by atoms with Gasteiger partial charge >= 0.3 is 18.2 Å². The first-order chi connectivity index (χ1) is 16.7. The van der Waals surface area contributed by atoms with Crippen LogP contribution in [0.5, 0.6) is 0 Å². The second-order valence-electron chi connectivity index (χ2n) is 7.93. The maximum absolute atomic E-state index is 13.3. The summed E-state index contributed by atoms with van der Waals surface area (Å²) < 4.78 is 49.8. The van der Waals surface area contributed by atoms with Gasteiger partial charge in [0, 0.05) is 26.2 Å². The Morgan fingerprint density at radius 3 is 2.46 bits per heavy atom. The highest BCUT2D eigenvalue weighted by Gasteiger charge is 2.38. The van der Waals surface area contributed by atoms with Crippen LogP contribution >= 0.6 is 0 Å². The highest BCUT2D eigenvalue weighted by atomic mass is 19.4. The van der Waals surface area contributed by atoms with Crippen LogP contribution in [0.3, 0.4) is 0 Å². The van der Waals surface area contributed by atoms with Crippen molar-refractivity contribution in [3.63, 3.8) is 0 Å². The third kappa shape index (κ3) is 5.15. The highest BCUT2D eigenvalue weighted by Crippen LogP contribution is 2.32. The van der Waals surface area contributed by atoms with Crippen molar-refractivity contribution in [2.24, 2.45) is 0 Å². The van der Waals surface area contributed by atoms with Crippen molar-refractivity contribution in [2.45, 2.75) is 19.2 Å². The number of halogens is 3. The van der Waals surface area contributed by atoms with Crippen molar-refractivity contribution in [1.29, 1.82) is 0 Å². The molecule has 0 saturated carbocycles. The van der Waals surface area contributed by atoms with Crippen molar-refractivity contribution in [3.8, 4) is 0 Å². The van der Waals surface area contributed by atoms with Crippen molar-refractivity contribution in [3.05, 3.63) is 53.7 Å². The van der Waals surface area contributed by atoms with Crippen LogP contribution in [-0.4, -0.2) is 73.3 Å². The summed E-state index contributed by atoms with van der Waals surface area (Å²) in [5.74, 6) is -0.686. The zero-order valence-electron chi connectivity index (χ0n) is 18.8. The normalized spacial score (nSPS) is 18.5. The quantitative estimate of drug-likeness (QED) is 0.593. The number of hydrogen-bond donors (Lipinski definition) is 0. The Balaban J connectivity index is 1.37. The first-order valence-electron chi connectivity index (χ1n) is 11.0. The van der Waals surface area contributed by atoms with Gasteiger partial charge in [0.25, 0.3) is 5.91 Å². The summed E-state index contributed by atoms with van der Waals surface area (Å²) in [4.78, 5) is 45.7. The van der Waals surface area contributed by atoms with Gasteiger partial charge in [-0.25, -0.2) is 14.6 Å². The molecule has 2 amide bonds. The molecule has 4 rings (SSSR count). The maximum Gasteiger partial charge on any atom is 0.417 e. The first kappa shape index (κ1) is 24.3.